The highest BCUT2D eigenvalue weighted by Crippen LogP contribution is 2.24. The van der Waals surface area contributed by atoms with Gasteiger partial charge in [-0.05, 0) is 0 Å². The van der Waals surface area contributed by atoms with Crippen LogP contribution in [-0.4, -0.2) is 18.1 Å². The SMILES string of the molecule is C#CC1(Cl)CCOC1. The van der Waals surface area contributed by atoms with Gasteiger partial charge in [0.1, 0.15) is 4.87 Å². The average Bonchev–Trinajstić information content (AvgIpc) is 2.17. The lowest BCUT2D eigenvalue weighted by Gasteiger charge is -2.07. The van der Waals surface area contributed by atoms with Crippen molar-refractivity contribution in [3.8, 4) is 12.3 Å². The second kappa shape index (κ2) is 1.97. The van der Waals surface area contributed by atoms with E-state index in [0.717, 1.165) is 6.42 Å². The van der Waals surface area contributed by atoms with Crippen molar-refractivity contribution < 1.29 is 4.74 Å². The zero-order valence-corrected chi connectivity index (χ0v) is 5.24. The third-order valence-electron chi connectivity index (χ3n) is 1.23. The Hall–Kier alpha value is -0.190. The Morgan fingerprint density at radius 1 is 1.75 bits per heavy atom. The summed E-state index contributed by atoms with van der Waals surface area (Å²) in [7, 11) is 0. The standard InChI is InChI=1S/C6H7ClO/c1-2-6(7)3-4-8-5-6/h1H,3-5H2. The van der Waals surface area contributed by atoms with E-state index in [1.165, 1.54) is 0 Å². The number of ether oxygens (including phenoxy) is 1. The molecule has 0 N–H and O–H groups in total. The molecule has 0 aromatic rings. The molecule has 1 aliphatic heterocycles. The van der Waals surface area contributed by atoms with Gasteiger partial charge in [-0.25, -0.2) is 0 Å². The van der Waals surface area contributed by atoms with Crippen molar-refractivity contribution in [2.45, 2.75) is 11.3 Å². The van der Waals surface area contributed by atoms with Gasteiger partial charge in [0.05, 0.1) is 6.61 Å². The second-order valence-corrected chi connectivity index (χ2v) is 2.64. The van der Waals surface area contributed by atoms with Gasteiger partial charge >= 0.3 is 0 Å². The fourth-order valence-corrected chi connectivity index (χ4v) is 0.808. The van der Waals surface area contributed by atoms with Gasteiger partial charge in [-0.1, -0.05) is 5.92 Å². The Bertz CT molecular complexity index is 119. The Labute approximate surface area is 54.0 Å². The minimum Gasteiger partial charge on any atom is -0.378 e. The van der Waals surface area contributed by atoms with Crippen LogP contribution in [0.15, 0.2) is 0 Å². The Kier molecular flexibility index (Phi) is 1.46. The van der Waals surface area contributed by atoms with E-state index in [9.17, 15) is 0 Å². The molecule has 1 rings (SSSR count). The Morgan fingerprint density at radius 3 is 2.75 bits per heavy atom. The number of hydrogen-bond donors (Lipinski definition) is 0. The minimum absolute atomic E-state index is 0.486. The molecule has 2 heteroatoms. The van der Waals surface area contributed by atoms with E-state index < -0.39 is 4.87 Å². The maximum atomic E-state index is 5.79. The van der Waals surface area contributed by atoms with Gasteiger partial charge in [-0.2, -0.15) is 0 Å². The van der Waals surface area contributed by atoms with Gasteiger partial charge < -0.3 is 4.74 Å². The fourth-order valence-electron chi connectivity index (χ4n) is 0.654. The van der Waals surface area contributed by atoms with E-state index in [1.807, 2.05) is 0 Å². The summed E-state index contributed by atoms with van der Waals surface area (Å²) in [6.07, 6.45) is 5.89. The average molecular weight is 131 g/mol. The first kappa shape index (κ1) is 5.94. The predicted molar refractivity (Wildman–Crippen MR) is 32.9 cm³/mol. The van der Waals surface area contributed by atoms with Crippen LogP contribution in [0.4, 0.5) is 0 Å². The molecular weight excluding hydrogens is 124 g/mol. The van der Waals surface area contributed by atoms with Gasteiger partial charge in [0.2, 0.25) is 0 Å². The van der Waals surface area contributed by atoms with Crippen LogP contribution in [0.3, 0.4) is 0 Å². The first-order chi connectivity index (χ1) is 3.77. The summed E-state index contributed by atoms with van der Waals surface area (Å²) in [6, 6.07) is 0. The molecule has 0 bridgehead atoms. The summed E-state index contributed by atoms with van der Waals surface area (Å²) in [6.45, 7) is 1.21. The van der Waals surface area contributed by atoms with Crippen LogP contribution < -0.4 is 0 Å². The lowest BCUT2D eigenvalue weighted by molar-refractivity contribution is 0.194. The van der Waals surface area contributed by atoms with Crippen molar-refractivity contribution >= 4 is 11.6 Å². The highest BCUT2D eigenvalue weighted by molar-refractivity contribution is 6.26. The minimum atomic E-state index is -0.486. The lowest BCUT2D eigenvalue weighted by Crippen LogP contribution is -2.17. The number of terminal acetylenes is 1. The summed E-state index contributed by atoms with van der Waals surface area (Å²) >= 11 is 5.79. The van der Waals surface area contributed by atoms with Crippen molar-refractivity contribution in [3.05, 3.63) is 0 Å². The van der Waals surface area contributed by atoms with E-state index in [0.29, 0.717) is 13.2 Å². The fraction of sp³-hybridized carbons (Fsp3) is 0.667. The highest BCUT2D eigenvalue weighted by atomic mass is 35.5. The van der Waals surface area contributed by atoms with E-state index in [-0.39, 0.29) is 0 Å². The molecule has 1 fully saturated rings. The summed E-state index contributed by atoms with van der Waals surface area (Å²) in [5.41, 5.74) is 0. The predicted octanol–water partition coefficient (Wildman–Crippen LogP) is 1.02. The largest absolute Gasteiger partial charge is 0.378 e. The van der Waals surface area contributed by atoms with E-state index in [1.54, 1.807) is 0 Å². The summed E-state index contributed by atoms with van der Waals surface area (Å²) in [5, 5.41) is 0. The van der Waals surface area contributed by atoms with Crippen molar-refractivity contribution in [1.29, 1.82) is 0 Å². The van der Waals surface area contributed by atoms with Crippen LogP contribution in [-0.2, 0) is 4.74 Å². The number of halogens is 1. The van der Waals surface area contributed by atoms with Crippen molar-refractivity contribution in [1.82, 2.24) is 0 Å². The maximum absolute atomic E-state index is 5.79. The van der Waals surface area contributed by atoms with Crippen LogP contribution in [0, 0.1) is 12.3 Å². The van der Waals surface area contributed by atoms with E-state index in [4.69, 9.17) is 22.8 Å². The topological polar surface area (TPSA) is 9.23 Å². The van der Waals surface area contributed by atoms with Crippen molar-refractivity contribution in [2.24, 2.45) is 0 Å². The van der Waals surface area contributed by atoms with Crippen LogP contribution in [0.1, 0.15) is 6.42 Å². The number of alkyl halides is 1. The molecule has 0 saturated carbocycles. The zero-order chi connectivity index (χ0) is 6.04. The monoisotopic (exact) mass is 130 g/mol. The van der Waals surface area contributed by atoms with Crippen LogP contribution >= 0.6 is 11.6 Å². The van der Waals surface area contributed by atoms with Crippen molar-refractivity contribution in [2.75, 3.05) is 13.2 Å². The molecular formula is C6H7ClO. The van der Waals surface area contributed by atoms with Gasteiger partial charge in [0.25, 0.3) is 0 Å². The summed E-state index contributed by atoms with van der Waals surface area (Å²) in [4.78, 5) is -0.486. The maximum Gasteiger partial charge on any atom is 0.130 e. The van der Waals surface area contributed by atoms with E-state index in [2.05, 4.69) is 5.92 Å². The molecule has 1 saturated heterocycles. The van der Waals surface area contributed by atoms with Gasteiger partial charge in [-0.3, -0.25) is 0 Å². The molecule has 0 aliphatic carbocycles. The zero-order valence-electron chi connectivity index (χ0n) is 4.48. The quantitative estimate of drug-likeness (QED) is 0.352. The molecule has 44 valence electrons. The molecule has 1 atom stereocenters. The normalized spacial score (nSPS) is 37.0. The highest BCUT2D eigenvalue weighted by Gasteiger charge is 2.29. The lowest BCUT2D eigenvalue weighted by atomic mass is 10.1. The molecule has 1 aliphatic rings. The molecule has 0 amide bonds. The Balaban J connectivity index is 2.56. The molecule has 1 heterocycles. The summed E-state index contributed by atoms with van der Waals surface area (Å²) < 4.78 is 4.98. The molecule has 0 aromatic carbocycles. The first-order valence-corrected chi connectivity index (χ1v) is 2.89. The summed E-state index contributed by atoms with van der Waals surface area (Å²) in [5.74, 6) is 2.48. The Morgan fingerprint density at radius 2 is 2.50 bits per heavy atom. The molecule has 0 aromatic heterocycles. The van der Waals surface area contributed by atoms with E-state index >= 15 is 0 Å². The third kappa shape index (κ3) is 0.964. The first-order valence-electron chi connectivity index (χ1n) is 2.51. The molecule has 1 unspecified atom stereocenters. The number of rotatable bonds is 0. The smallest absolute Gasteiger partial charge is 0.130 e. The third-order valence-corrected chi connectivity index (χ3v) is 1.64. The van der Waals surface area contributed by atoms with Crippen LogP contribution in [0.2, 0.25) is 0 Å². The molecule has 1 nitrogen and oxygen atoms in total. The van der Waals surface area contributed by atoms with Gasteiger partial charge in [0.15, 0.2) is 0 Å². The number of hydrogen-bond acceptors (Lipinski definition) is 1. The van der Waals surface area contributed by atoms with Crippen LogP contribution in [0.25, 0.3) is 0 Å². The molecule has 0 radical (unpaired) electrons. The second-order valence-electron chi connectivity index (χ2n) is 1.91. The van der Waals surface area contributed by atoms with Gasteiger partial charge in [0, 0.05) is 13.0 Å². The van der Waals surface area contributed by atoms with Crippen LogP contribution in [0.5, 0.6) is 0 Å². The molecule has 0 spiro atoms. The van der Waals surface area contributed by atoms with Gasteiger partial charge in [-0.15, -0.1) is 18.0 Å². The molecule has 8 heavy (non-hydrogen) atoms. The van der Waals surface area contributed by atoms with Crippen molar-refractivity contribution in [3.63, 3.8) is 0 Å².